The van der Waals surface area contributed by atoms with E-state index in [0.717, 1.165) is 19.3 Å². The predicted octanol–water partition coefficient (Wildman–Crippen LogP) is 3.28. The van der Waals surface area contributed by atoms with Gasteiger partial charge in [-0.15, -0.1) is 0 Å². The van der Waals surface area contributed by atoms with Crippen molar-refractivity contribution in [1.82, 2.24) is 0 Å². The van der Waals surface area contributed by atoms with Gasteiger partial charge in [0, 0.05) is 5.69 Å². The van der Waals surface area contributed by atoms with Crippen LogP contribution in [0.2, 0.25) is 0 Å². The lowest BCUT2D eigenvalue weighted by atomic mass is 9.95. The van der Waals surface area contributed by atoms with Gasteiger partial charge in [-0.2, -0.15) is 0 Å². The molecule has 0 unspecified atom stereocenters. The molecule has 0 bridgehead atoms. The lowest BCUT2D eigenvalue weighted by molar-refractivity contribution is -0.136. The van der Waals surface area contributed by atoms with Crippen LogP contribution in [0.25, 0.3) is 0 Å². The summed E-state index contributed by atoms with van der Waals surface area (Å²) in [5.74, 6) is -0.856. The number of nitrogens with one attached hydrogen (secondary N) is 1. The van der Waals surface area contributed by atoms with E-state index in [9.17, 15) is 9.59 Å². The summed E-state index contributed by atoms with van der Waals surface area (Å²) >= 11 is 0. The number of anilines is 1. The second kappa shape index (κ2) is 6.24. The molecule has 1 amide bonds. The Hall–Kier alpha value is -2.62. The summed E-state index contributed by atoms with van der Waals surface area (Å²) in [7, 11) is 0. The van der Waals surface area contributed by atoms with Crippen molar-refractivity contribution in [1.29, 1.82) is 0 Å². The molecule has 1 saturated carbocycles. The summed E-state index contributed by atoms with van der Waals surface area (Å²) in [6, 6.07) is 17.1. The maximum Gasteiger partial charge on any atom is 0.307 e. The molecule has 0 aliphatic heterocycles. The van der Waals surface area contributed by atoms with Gasteiger partial charge in [0.2, 0.25) is 5.91 Å². The van der Waals surface area contributed by atoms with Gasteiger partial charge in [-0.05, 0) is 42.5 Å². The number of hydrogen-bond donors (Lipinski definition) is 2. The van der Waals surface area contributed by atoms with E-state index in [4.69, 9.17) is 5.11 Å². The molecule has 1 aliphatic rings. The first-order valence-electron chi connectivity index (χ1n) is 7.74. The number of carbonyl (C=O) groups excluding carboxylic acids is 1. The second-order valence-corrected chi connectivity index (χ2v) is 6.17. The largest absolute Gasteiger partial charge is 0.481 e. The molecule has 0 saturated heterocycles. The van der Waals surface area contributed by atoms with Gasteiger partial charge >= 0.3 is 5.97 Å². The van der Waals surface area contributed by atoms with E-state index in [1.54, 1.807) is 24.3 Å². The molecule has 118 valence electrons. The number of hydrogen-bond acceptors (Lipinski definition) is 2. The Balaban J connectivity index is 1.68. The summed E-state index contributed by atoms with van der Waals surface area (Å²) in [5, 5.41) is 11.8. The average molecular weight is 309 g/mol. The highest BCUT2D eigenvalue weighted by atomic mass is 16.4. The summed E-state index contributed by atoms with van der Waals surface area (Å²) in [4.78, 5) is 23.4. The van der Waals surface area contributed by atoms with Crippen LogP contribution in [-0.2, 0) is 22.4 Å². The van der Waals surface area contributed by atoms with Crippen LogP contribution in [0.3, 0.4) is 0 Å². The Bertz CT molecular complexity index is 720. The van der Waals surface area contributed by atoms with Gasteiger partial charge in [-0.1, -0.05) is 42.5 Å². The van der Waals surface area contributed by atoms with Crippen molar-refractivity contribution in [2.75, 3.05) is 5.32 Å². The van der Waals surface area contributed by atoms with Crippen molar-refractivity contribution in [2.24, 2.45) is 5.41 Å². The summed E-state index contributed by atoms with van der Waals surface area (Å²) in [6.45, 7) is 0. The van der Waals surface area contributed by atoms with Crippen molar-refractivity contribution in [2.45, 2.75) is 25.7 Å². The topological polar surface area (TPSA) is 66.4 Å². The van der Waals surface area contributed by atoms with Crippen molar-refractivity contribution < 1.29 is 14.7 Å². The molecule has 2 N–H and O–H groups in total. The minimum absolute atomic E-state index is 0.0221. The zero-order chi connectivity index (χ0) is 16.3. The first-order chi connectivity index (χ1) is 11.1. The van der Waals surface area contributed by atoms with Crippen LogP contribution in [0.15, 0.2) is 54.6 Å². The van der Waals surface area contributed by atoms with Crippen molar-refractivity contribution in [3.05, 3.63) is 65.7 Å². The van der Waals surface area contributed by atoms with Crippen LogP contribution in [0.5, 0.6) is 0 Å². The average Bonchev–Trinajstić information content (AvgIpc) is 3.29. The molecule has 1 aliphatic carbocycles. The van der Waals surface area contributed by atoms with Crippen LogP contribution >= 0.6 is 0 Å². The maximum atomic E-state index is 12.6. The highest BCUT2D eigenvalue weighted by Crippen LogP contribution is 2.49. The van der Waals surface area contributed by atoms with Crippen LogP contribution in [-0.4, -0.2) is 17.0 Å². The minimum atomic E-state index is -0.879. The van der Waals surface area contributed by atoms with E-state index in [2.05, 4.69) is 5.32 Å². The molecule has 3 rings (SSSR count). The third-order valence-corrected chi connectivity index (χ3v) is 4.26. The predicted molar refractivity (Wildman–Crippen MR) is 88.2 cm³/mol. The van der Waals surface area contributed by atoms with Crippen molar-refractivity contribution >= 4 is 17.6 Å². The Morgan fingerprint density at radius 3 is 2.35 bits per heavy atom. The first kappa shape index (κ1) is 15.3. The fourth-order valence-electron chi connectivity index (χ4n) is 2.82. The second-order valence-electron chi connectivity index (χ2n) is 6.17. The fourth-order valence-corrected chi connectivity index (χ4v) is 2.82. The summed E-state index contributed by atoms with van der Waals surface area (Å²) in [5.41, 5.74) is 2.19. The minimum Gasteiger partial charge on any atom is -0.481 e. The third kappa shape index (κ3) is 3.77. The molecular weight excluding hydrogens is 290 g/mol. The Morgan fingerprint density at radius 1 is 1.00 bits per heavy atom. The quantitative estimate of drug-likeness (QED) is 0.860. The van der Waals surface area contributed by atoms with Gasteiger partial charge in [0.25, 0.3) is 0 Å². The molecule has 0 radical (unpaired) electrons. The normalized spacial score (nSPS) is 15.0. The number of benzene rings is 2. The monoisotopic (exact) mass is 309 g/mol. The van der Waals surface area contributed by atoms with Crippen LogP contribution in [0.1, 0.15) is 24.0 Å². The highest BCUT2D eigenvalue weighted by Gasteiger charge is 2.49. The molecule has 0 spiro atoms. The molecule has 4 heteroatoms. The van der Waals surface area contributed by atoms with Crippen LogP contribution in [0, 0.1) is 5.41 Å². The Morgan fingerprint density at radius 2 is 1.70 bits per heavy atom. The van der Waals surface area contributed by atoms with E-state index < -0.39 is 5.97 Å². The van der Waals surface area contributed by atoms with E-state index in [0.29, 0.717) is 11.3 Å². The standard InChI is InChI=1S/C19H19NO3/c21-17(22)12-15-7-4-8-16(11-15)20-18(23)19(9-10-19)13-14-5-2-1-3-6-14/h1-8,11H,9-10,12-13H2,(H,20,23)(H,21,22). The zero-order valence-electron chi connectivity index (χ0n) is 12.8. The van der Waals surface area contributed by atoms with Crippen molar-refractivity contribution in [3.63, 3.8) is 0 Å². The lowest BCUT2D eigenvalue weighted by Crippen LogP contribution is -2.26. The number of amides is 1. The number of carbonyl (C=O) groups is 2. The molecule has 4 nitrogen and oxygen atoms in total. The molecule has 2 aromatic rings. The molecule has 0 heterocycles. The highest BCUT2D eigenvalue weighted by molar-refractivity contribution is 5.97. The van der Waals surface area contributed by atoms with Crippen LogP contribution < -0.4 is 5.32 Å². The van der Waals surface area contributed by atoms with E-state index in [1.165, 1.54) is 5.56 Å². The number of aliphatic carboxylic acids is 1. The van der Waals surface area contributed by atoms with Crippen molar-refractivity contribution in [3.8, 4) is 0 Å². The van der Waals surface area contributed by atoms with Gasteiger partial charge in [0.1, 0.15) is 0 Å². The van der Waals surface area contributed by atoms with E-state index in [1.807, 2.05) is 30.3 Å². The summed E-state index contributed by atoms with van der Waals surface area (Å²) in [6.07, 6.45) is 2.48. The molecule has 23 heavy (non-hydrogen) atoms. The number of rotatable bonds is 6. The van der Waals surface area contributed by atoms with E-state index >= 15 is 0 Å². The fraction of sp³-hybridized carbons (Fsp3) is 0.263. The third-order valence-electron chi connectivity index (χ3n) is 4.26. The van der Waals surface area contributed by atoms with Gasteiger partial charge in [0.05, 0.1) is 11.8 Å². The van der Waals surface area contributed by atoms with Crippen LogP contribution in [0.4, 0.5) is 5.69 Å². The molecule has 2 aromatic carbocycles. The van der Waals surface area contributed by atoms with Gasteiger partial charge < -0.3 is 10.4 Å². The van der Waals surface area contributed by atoms with Gasteiger partial charge in [-0.3, -0.25) is 9.59 Å². The van der Waals surface area contributed by atoms with Gasteiger partial charge in [-0.25, -0.2) is 0 Å². The molecular formula is C19H19NO3. The molecule has 1 fully saturated rings. The number of carboxylic acids is 1. The Kier molecular flexibility index (Phi) is 4.15. The van der Waals surface area contributed by atoms with Gasteiger partial charge in [0.15, 0.2) is 0 Å². The zero-order valence-corrected chi connectivity index (χ0v) is 12.8. The lowest BCUT2D eigenvalue weighted by Gasteiger charge is -2.16. The summed E-state index contributed by atoms with van der Waals surface area (Å²) < 4.78 is 0. The SMILES string of the molecule is O=C(O)Cc1cccc(NC(=O)C2(Cc3ccccc3)CC2)c1. The molecule has 0 aromatic heterocycles. The number of carboxylic acid groups (broad SMARTS) is 1. The first-order valence-corrected chi connectivity index (χ1v) is 7.74. The maximum absolute atomic E-state index is 12.6. The van der Waals surface area contributed by atoms with E-state index in [-0.39, 0.29) is 17.7 Å². The molecule has 0 atom stereocenters. The smallest absolute Gasteiger partial charge is 0.307 e. The Labute approximate surface area is 135 Å².